The summed E-state index contributed by atoms with van der Waals surface area (Å²) in [6.07, 6.45) is 2.52. The van der Waals surface area contributed by atoms with Gasteiger partial charge in [-0.05, 0) is 23.6 Å². The summed E-state index contributed by atoms with van der Waals surface area (Å²) < 4.78 is 26.7. The van der Waals surface area contributed by atoms with Crippen molar-refractivity contribution in [2.24, 2.45) is 0 Å². The molecule has 4 nitrogen and oxygen atoms in total. The van der Waals surface area contributed by atoms with Crippen molar-refractivity contribution >= 4 is 29.0 Å². The summed E-state index contributed by atoms with van der Waals surface area (Å²) >= 11 is 3.26. The van der Waals surface area contributed by atoms with Crippen LogP contribution in [0.2, 0.25) is 0 Å². The lowest BCUT2D eigenvalue weighted by Crippen LogP contribution is -2.28. The molecular formula is C18H17F2N3OS2. The molecule has 0 radical (unpaired) electrons. The third-order valence-electron chi connectivity index (χ3n) is 3.75. The molecule has 0 aliphatic rings. The van der Waals surface area contributed by atoms with Crippen LogP contribution in [-0.2, 0) is 12.3 Å². The van der Waals surface area contributed by atoms with Gasteiger partial charge in [-0.3, -0.25) is 9.36 Å². The summed E-state index contributed by atoms with van der Waals surface area (Å²) in [5.74, 6) is 0.712. The maximum atomic E-state index is 13.0. The van der Waals surface area contributed by atoms with E-state index in [2.05, 4.69) is 11.1 Å². The van der Waals surface area contributed by atoms with E-state index in [0.29, 0.717) is 5.56 Å². The largest absolute Gasteiger partial charge is 0.334 e. The Hall–Kier alpha value is -2.19. The van der Waals surface area contributed by atoms with E-state index in [0.717, 1.165) is 15.2 Å². The molecule has 0 saturated heterocycles. The summed E-state index contributed by atoms with van der Waals surface area (Å²) in [5.41, 5.74) is 0.562. The molecule has 0 atom stereocenters. The summed E-state index contributed by atoms with van der Waals surface area (Å²) in [5, 5.41) is 2.02. The van der Waals surface area contributed by atoms with Crippen LogP contribution in [0.15, 0.2) is 59.1 Å². The predicted molar refractivity (Wildman–Crippen MR) is 99.6 cm³/mol. The molecule has 2 aromatic heterocycles. The van der Waals surface area contributed by atoms with E-state index in [1.807, 2.05) is 23.6 Å². The van der Waals surface area contributed by atoms with Gasteiger partial charge in [-0.2, -0.15) is 8.78 Å². The zero-order chi connectivity index (χ0) is 18.5. The number of hydrogen-bond donors (Lipinski definition) is 0. The van der Waals surface area contributed by atoms with E-state index in [9.17, 15) is 13.6 Å². The normalized spacial score (nSPS) is 11.1. The average molecular weight is 393 g/mol. The zero-order valence-electron chi connectivity index (χ0n) is 14.0. The molecule has 1 amide bonds. The molecule has 0 spiro atoms. The van der Waals surface area contributed by atoms with Crippen LogP contribution in [-0.4, -0.2) is 27.4 Å². The topological polar surface area (TPSA) is 38.1 Å². The lowest BCUT2D eigenvalue weighted by Gasteiger charge is -2.19. The van der Waals surface area contributed by atoms with Crippen molar-refractivity contribution in [1.82, 2.24) is 14.5 Å². The lowest BCUT2D eigenvalue weighted by molar-refractivity contribution is 0.0611. The second-order valence-corrected chi connectivity index (χ2v) is 7.60. The van der Waals surface area contributed by atoms with Crippen molar-refractivity contribution in [3.8, 4) is 0 Å². The van der Waals surface area contributed by atoms with Crippen molar-refractivity contribution in [2.45, 2.75) is 23.7 Å². The summed E-state index contributed by atoms with van der Waals surface area (Å²) in [4.78, 5) is 20.3. The molecule has 0 fully saturated rings. The van der Waals surface area contributed by atoms with Gasteiger partial charge in [0.15, 0.2) is 0 Å². The molecule has 8 heteroatoms. The fourth-order valence-corrected chi connectivity index (χ4v) is 4.26. The maximum absolute atomic E-state index is 13.0. The number of hydrogen-bond acceptors (Lipinski definition) is 4. The van der Waals surface area contributed by atoms with Crippen molar-refractivity contribution in [1.29, 1.82) is 0 Å². The van der Waals surface area contributed by atoms with Gasteiger partial charge in [0.2, 0.25) is 0 Å². The minimum Gasteiger partial charge on any atom is -0.334 e. The van der Waals surface area contributed by atoms with Gasteiger partial charge in [0, 0.05) is 35.0 Å². The summed E-state index contributed by atoms with van der Waals surface area (Å²) in [6, 6.07) is 11.4. The molecule has 0 N–H and O–H groups in total. The van der Waals surface area contributed by atoms with Crippen LogP contribution in [0.25, 0.3) is 0 Å². The number of alkyl halides is 2. The molecular weight excluding hydrogens is 376 g/mol. The number of rotatable bonds is 7. The van der Waals surface area contributed by atoms with Gasteiger partial charge in [-0.25, -0.2) is 4.98 Å². The molecule has 136 valence electrons. The Bertz CT molecular complexity index is 865. The number of halogens is 2. The highest BCUT2D eigenvalue weighted by Gasteiger charge is 2.19. The monoisotopic (exact) mass is 393 g/mol. The lowest BCUT2D eigenvalue weighted by atomic mass is 10.2. The Morgan fingerprint density at radius 2 is 2.12 bits per heavy atom. The highest BCUT2D eigenvalue weighted by atomic mass is 32.2. The van der Waals surface area contributed by atoms with Crippen LogP contribution in [0.3, 0.4) is 0 Å². The van der Waals surface area contributed by atoms with Crippen molar-refractivity contribution in [3.05, 3.63) is 70.4 Å². The van der Waals surface area contributed by atoms with Gasteiger partial charge in [-0.1, -0.05) is 18.2 Å². The molecule has 3 rings (SSSR count). The van der Waals surface area contributed by atoms with E-state index in [-0.39, 0.29) is 18.3 Å². The Morgan fingerprint density at radius 3 is 2.85 bits per heavy atom. The number of carbonyl (C=O) groups excluding carboxylic acids is 1. The smallest absolute Gasteiger partial charge is 0.319 e. The van der Waals surface area contributed by atoms with E-state index < -0.39 is 6.55 Å². The van der Waals surface area contributed by atoms with Gasteiger partial charge in [0.25, 0.3) is 5.91 Å². The maximum Gasteiger partial charge on any atom is 0.319 e. The molecule has 0 aliphatic carbocycles. The molecule has 0 aliphatic heterocycles. The molecule has 3 aromatic rings. The number of benzene rings is 1. The Labute approximate surface area is 158 Å². The number of imidazole rings is 1. The second kappa shape index (κ2) is 8.46. The first-order valence-corrected chi connectivity index (χ1v) is 9.72. The highest BCUT2D eigenvalue weighted by Crippen LogP contribution is 2.28. The Balaban J connectivity index is 1.73. The van der Waals surface area contributed by atoms with Gasteiger partial charge in [0.05, 0.1) is 12.1 Å². The number of aromatic nitrogens is 2. The Kier molecular flexibility index (Phi) is 6.05. The zero-order valence-corrected chi connectivity index (χ0v) is 15.6. The fourth-order valence-electron chi connectivity index (χ4n) is 2.45. The van der Waals surface area contributed by atoms with Crippen LogP contribution in [0, 0.1) is 0 Å². The SMILES string of the molecule is CN(Cc1nccn1C(F)F)C(=O)c1ccccc1SCc1cccs1. The minimum atomic E-state index is -2.68. The van der Waals surface area contributed by atoms with E-state index >= 15 is 0 Å². The molecule has 0 saturated carbocycles. The second-order valence-electron chi connectivity index (χ2n) is 5.55. The fraction of sp³-hybridized carbons (Fsp3) is 0.222. The molecule has 26 heavy (non-hydrogen) atoms. The minimum absolute atomic E-state index is 0.0140. The number of thiophene rings is 1. The third kappa shape index (κ3) is 4.31. The van der Waals surface area contributed by atoms with E-state index in [1.165, 1.54) is 22.2 Å². The first-order chi connectivity index (χ1) is 12.6. The standard InChI is InChI=1S/C18H17F2N3OS2/c1-22(11-16-21-8-9-23(16)18(19)20)17(24)14-6-2-3-7-15(14)26-12-13-5-4-10-25-13/h2-10,18H,11-12H2,1H3. The van der Waals surface area contributed by atoms with E-state index in [4.69, 9.17) is 0 Å². The Morgan fingerprint density at radius 1 is 1.31 bits per heavy atom. The predicted octanol–water partition coefficient (Wildman–Crippen LogP) is 4.90. The highest BCUT2D eigenvalue weighted by molar-refractivity contribution is 7.98. The van der Waals surface area contributed by atoms with Crippen LogP contribution >= 0.6 is 23.1 Å². The van der Waals surface area contributed by atoms with E-state index in [1.54, 1.807) is 42.3 Å². The van der Waals surface area contributed by atoms with Crippen molar-refractivity contribution in [3.63, 3.8) is 0 Å². The number of amides is 1. The molecule has 1 aromatic carbocycles. The third-order valence-corrected chi connectivity index (χ3v) is 5.93. The molecule has 0 unspecified atom stereocenters. The van der Waals surface area contributed by atoms with Crippen molar-refractivity contribution in [2.75, 3.05) is 7.05 Å². The number of carbonyl (C=O) groups is 1. The molecule has 0 bridgehead atoms. The van der Waals surface area contributed by atoms with Crippen LogP contribution < -0.4 is 0 Å². The average Bonchev–Trinajstić information content (AvgIpc) is 3.31. The first-order valence-electron chi connectivity index (χ1n) is 7.86. The quantitative estimate of drug-likeness (QED) is 0.536. The van der Waals surface area contributed by atoms with Gasteiger partial charge in [-0.15, -0.1) is 23.1 Å². The van der Waals surface area contributed by atoms with Crippen LogP contribution in [0.5, 0.6) is 0 Å². The van der Waals surface area contributed by atoms with Crippen LogP contribution in [0.4, 0.5) is 8.78 Å². The van der Waals surface area contributed by atoms with Gasteiger partial charge >= 0.3 is 6.55 Å². The van der Waals surface area contributed by atoms with Crippen molar-refractivity contribution < 1.29 is 13.6 Å². The summed E-state index contributed by atoms with van der Waals surface area (Å²) in [7, 11) is 1.59. The first kappa shape index (κ1) is 18.6. The van der Waals surface area contributed by atoms with Gasteiger partial charge < -0.3 is 4.90 Å². The number of thioether (sulfide) groups is 1. The summed E-state index contributed by atoms with van der Waals surface area (Å²) in [6.45, 7) is -2.66. The van der Waals surface area contributed by atoms with Crippen LogP contribution in [0.1, 0.15) is 27.6 Å². The molecule has 2 heterocycles. The van der Waals surface area contributed by atoms with Gasteiger partial charge in [0.1, 0.15) is 5.82 Å². The number of nitrogens with zero attached hydrogens (tertiary/aromatic N) is 3.